The molecule has 0 aromatic heterocycles. The van der Waals surface area contributed by atoms with Gasteiger partial charge >= 0.3 is 0 Å². The van der Waals surface area contributed by atoms with E-state index < -0.39 is 0 Å². The quantitative estimate of drug-likeness (QED) is 0.826. The summed E-state index contributed by atoms with van der Waals surface area (Å²) < 4.78 is 0. The molecule has 1 nitrogen and oxygen atoms in total. The lowest BCUT2D eigenvalue weighted by molar-refractivity contribution is 0.417. The van der Waals surface area contributed by atoms with Crippen molar-refractivity contribution >= 4 is 11.6 Å². The summed E-state index contributed by atoms with van der Waals surface area (Å²) in [5.41, 5.74) is 2.75. The predicted molar refractivity (Wildman–Crippen MR) is 65.4 cm³/mol. The minimum absolute atomic E-state index is 0.499. The van der Waals surface area contributed by atoms with Gasteiger partial charge in [-0.15, -0.1) is 0 Å². The molecule has 2 heteroatoms. The first-order chi connectivity index (χ1) is 7.24. The largest absolute Gasteiger partial charge is 0.310 e. The van der Waals surface area contributed by atoms with Crippen LogP contribution in [0.2, 0.25) is 5.02 Å². The van der Waals surface area contributed by atoms with Gasteiger partial charge in [-0.1, -0.05) is 37.6 Å². The van der Waals surface area contributed by atoms with Gasteiger partial charge in [-0.2, -0.15) is 0 Å². The lowest BCUT2D eigenvalue weighted by Gasteiger charge is -2.18. The lowest BCUT2D eigenvalue weighted by atomic mass is 10.0. The van der Waals surface area contributed by atoms with Crippen molar-refractivity contribution in [1.29, 1.82) is 0 Å². The summed E-state index contributed by atoms with van der Waals surface area (Å²) in [5.74, 6) is 0.659. The van der Waals surface area contributed by atoms with E-state index in [0.29, 0.717) is 12.0 Å². The molecule has 0 radical (unpaired) electrons. The molecular weight excluding hydrogens is 206 g/mol. The highest BCUT2D eigenvalue weighted by molar-refractivity contribution is 6.31. The summed E-state index contributed by atoms with van der Waals surface area (Å²) in [5, 5.41) is 4.54. The fourth-order valence-electron chi connectivity index (χ4n) is 2.44. The normalized spacial score (nSPS) is 24.2. The van der Waals surface area contributed by atoms with Crippen LogP contribution in [0.3, 0.4) is 0 Å². The van der Waals surface area contributed by atoms with Crippen LogP contribution in [0.5, 0.6) is 0 Å². The van der Waals surface area contributed by atoms with Crippen LogP contribution in [0, 0.1) is 5.92 Å². The number of benzene rings is 1. The molecule has 15 heavy (non-hydrogen) atoms. The molecule has 0 bridgehead atoms. The van der Waals surface area contributed by atoms with E-state index in [2.05, 4.69) is 31.3 Å². The summed E-state index contributed by atoms with van der Waals surface area (Å²) in [6.45, 7) is 5.58. The Labute approximate surface area is 96.8 Å². The number of rotatable bonds is 3. The van der Waals surface area contributed by atoms with Crippen molar-refractivity contribution in [1.82, 2.24) is 5.32 Å². The molecule has 2 atom stereocenters. The second-order valence-corrected chi connectivity index (χ2v) is 4.83. The van der Waals surface area contributed by atoms with Crippen molar-refractivity contribution in [2.24, 2.45) is 5.92 Å². The van der Waals surface area contributed by atoms with Crippen molar-refractivity contribution in [2.45, 2.75) is 32.7 Å². The molecule has 82 valence electrons. The van der Waals surface area contributed by atoms with E-state index in [1.165, 1.54) is 17.5 Å². The zero-order valence-corrected chi connectivity index (χ0v) is 10.1. The van der Waals surface area contributed by atoms with Crippen molar-refractivity contribution in [3.63, 3.8) is 0 Å². The predicted octanol–water partition coefficient (Wildman–Crippen LogP) is 3.57. The molecule has 1 N–H and O–H groups in total. The highest BCUT2D eigenvalue weighted by Gasteiger charge is 2.29. The maximum Gasteiger partial charge on any atom is 0.0441 e. The van der Waals surface area contributed by atoms with Gasteiger partial charge < -0.3 is 5.32 Å². The van der Waals surface area contributed by atoms with Gasteiger partial charge in [0, 0.05) is 11.1 Å². The van der Waals surface area contributed by atoms with Gasteiger partial charge in [0.2, 0.25) is 0 Å². The molecule has 0 amide bonds. The van der Waals surface area contributed by atoms with Crippen LogP contribution in [-0.4, -0.2) is 6.54 Å². The molecule has 1 aliphatic rings. The Hall–Kier alpha value is -0.530. The third kappa shape index (κ3) is 2.04. The van der Waals surface area contributed by atoms with Crippen LogP contribution in [-0.2, 0) is 6.42 Å². The number of hydrogen-bond acceptors (Lipinski definition) is 1. The fourth-order valence-corrected chi connectivity index (χ4v) is 2.70. The van der Waals surface area contributed by atoms with E-state index in [1.807, 2.05) is 6.07 Å². The van der Waals surface area contributed by atoms with Gasteiger partial charge in [0.25, 0.3) is 0 Å². The Balaban J connectivity index is 2.25. The number of halogens is 1. The van der Waals surface area contributed by atoms with Gasteiger partial charge in [-0.25, -0.2) is 0 Å². The Morgan fingerprint density at radius 3 is 3.00 bits per heavy atom. The first-order valence-corrected chi connectivity index (χ1v) is 6.12. The van der Waals surface area contributed by atoms with Gasteiger partial charge in [0.05, 0.1) is 0 Å². The van der Waals surface area contributed by atoms with Crippen molar-refractivity contribution < 1.29 is 0 Å². The topological polar surface area (TPSA) is 12.0 Å². The Bertz CT molecular complexity index is 348. The summed E-state index contributed by atoms with van der Waals surface area (Å²) in [6, 6.07) is 6.76. The molecule has 1 aliphatic carbocycles. The van der Waals surface area contributed by atoms with Crippen LogP contribution >= 0.6 is 11.6 Å². The molecule has 2 unspecified atom stereocenters. The number of nitrogens with one attached hydrogen (secondary N) is 1. The van der Waals surface area contributed by atoms with Gasteiger partial charge in [0.15, 0.2) is 0 Å². The summed E-state index contributed by atoms with van der Waals surface area (Å²) in [6.07, 6.45) is 2.29. The van der Waals surface area contributed by atoms with E-state index in [-0.39, 0.29) is 0 Å². The van der Waals surface area contributed by atoms with Crippen LogP contribution in [0.1, 0.15) is 37.4 Å². The zero-order valence-electron chi connectivity index (χ0n) is 9.39. The average molecular weight is 224 g/mol. The second kappa shape index (κ2) is 4.54. The molecule has 0 fully saturated rings. The van der Waals surface area contributed by atoms with Crippen LogP contribution in [0.4, 0.5) is 0 Å². The van der Waals surface area contributed by atoms with Crippen LogP contribution in [0.25, 0.3) is 0 Å². The van der Waals surface area contributed by atoms with E-state index in [9.17, 15) is 0 Å². The first-order valence-electron chi connectivity index (χ1n) is 5.74. The number of hydrogen-bond donors (Lipinski definition) is 1. The standard InChI is InChI=1S/C13H18ClN/c1-3-7-15-13-9(2)8-11-10(13)5-4-6-12(11)14/h4-6,9,13,15H,3,7-8H2,1-2H3. The van der Waals surface area contributed by atoms with Crippen molar-refractivity contribution in [2.75, 3.05) is 6.54 Å². The highest BCUT2D eigenvalue weighted by atomic mass is 35.5. The molecule has 0 spiro atoms. The monoisotopic (exact) mass is 223 g/mol. The van der Waals surface area contributed by atoms with Crippen LogP contribution < -0.4 is 5.32 Å². The van der Waals surface area contributed by atoms with Crippen molar-refractivity contribution in [3.8, 4) is 0 Å². The molecule has 1 aromatic carbocycles. The van der Waals surface area contributed by atoms with Gasteiger partial charge in [0.1, 0.15) is 0 Å². The molecular formula is C13H18ClN. The van der Waals surface area contributed by atoms with Gasteiger partial charge in [-0.3, -0.25) is 0 Å². The number of fused-ring (bicyclic) bond motifs is 1. The molecule has 1 aromatic rings. The van der Waals surface area contributed by atoms with Crippen LogP contribution in [0.15, 0.2) is 18.2 Å². The summed E-state index contributed by atoms with van der Waals surface area (Å²) in [4.78, 5) is 0. The second-order valence-electron chi connectivity index (χ2n) is 4.42. The molecule has 0 saturated carbocycles. The van der Waals surface area contributed by atoms with E-state index in [1.54, 1.807) is 0 Å². The van der Waals surface area contributed by atoms with E-state index in [0.717, 1.165) is 18.0 Å². The maximum absolute atomic E-state index is 6.21. The summed E-state index contributed by atoms with van der Waals surface area (Å²) in [7, 11) is 0. The van der Waals surface area contributed by atoms with E-state index in [4.69, 9.17) is 11.6 Å². The third-order valence-corrected chi connectivity index (χ3v) is 3.55. The minimum atomic E-state index is 0.499. The Morgan fingerprint density at radius 1 is 1.47 bits per heavy atom. The Kier molecular flexibility index (Phi) is 3.32. The third-order valence-electron chi connectivity index (χ3n) is 3.20. The molecule has 0 heterocycles. The first kappa shape index (κ1) is 11.0. The Morgan fingerprint density at radius 2 is 2.27 bits per heavy atom. The zero-order chi connectivity index (χ0) is 10.8. The average Bonchev–Trinajstić information content (AvgIpc) is 2.54. The molecule has 2 rings (SSSR count). The maximum atomic E-state index is 6.21. The van der Waals surface area contributed by atoms with E-state index >= 15 is 0 Å². The SMILES string of the molecule is CCCNC1c2cccc(Cl)c2CC1C. The highest BCUT2D eigenvalue weighted by Crippen LogP contribution is 2.39. The lowest BCUT2D eigenvalue weighted by Crippen LogP contribution is -2.24. The smallest absolute Gasteiger partial charge is 0.0441 e. The fraction of sp³-hybridized carbons (Fsp3) is 0.538. The minimum Gasteiger partial charge on any atom is -0.310 e. The van der Waals surface area contributed by atoms with Gasteiger partial charge in [-0.05, 0) is 42.5 Å². The molecule has 0 aliphatic heterocycles. The molecule has 0 saturated heterocycles. The summed E-state index contributed by atoms with van der Waals surface area (Å²) >= 11 is 6.21. The van der Waals surface area contributed by atoms with Crippen molar-refractivity contribution in [3.05, 3.63) is 34.3 Å².